The number of hydrogen-bond donors (Lipinski definition) is 1. The molecular formula is C16H20Cl2N4. The first-order valence-electron chi connectivity index (χ1n) is 7.40. The Kier molecular flexibility index (Phi) is 5.86. The second-order valence-electron chi connectivity index (χ2n) is 5.00. The van der Waals surface area contributed by atoms with Gasteiger partial charge in [0.05, 0.1) is 16.2 Å². The minimum atomic E-state index is 0.358. The van der Waals surface area contributed by atoms with Gasteiger partial charge in [-0.3, -0.25) is 0 Å². The fourth-order valence-electron chi connectivity index (χ4n) is 2.22. The van der Waals surface area contributed by atoms with Crippen molar-refractivity contribution in [2.75, 3.05) is 23.7 Å². The van der Waals surface area contributed by atoms with Gasteiger partial charge < -0.3 is 10.6 Å². The van der Waals surface area contributed by atoms with Crippen molar-refractivity contribution >= 4 is 34.8 Å². The number of halogens is 2. The van der Waals surface area contributed by atoms with Gasteiger partial charge in [0, 0.05) is 18.7 Å². The number of aromatic nitrogens is 2. The molecule has 0 spiro atoms. The molecule has 2 rings (SSSR count). The third-order valence-corrected chi connectivity index (χ3v) is 4.30. The summed E-state index contributed by atoms with van der Waals surface area (Å²) in [5.74, 6) is 1.15. The zero-order valence-electron chi connectivity index (χ0n) is 12.8. The summed E-state index contributed by atoms with van der Waals surface area (Å²) in [6.45, 7) is 6.07. The predicted octanol–water partition coefficient (Wildman–Crippen LogP) is 4.66. The Morgan fingerprint density at radius 1 is 1.23 bits per heavy atom. The molecule has 4 nitrogen and oxygen atoms in total. The van der Waals surface area contributed by atoms with Crippen LogP contribution in [0.15, 0.2) is 24.4 Å². The van der Waals surface area contributed by atoms with Crippen LogP contribution in [0, 0.1) is 0 Å². The molecule has 0 atom stereocenters. The molecule has 2 aromatic rings. The first-order valence-corrected chi connectivity index (χ1v) is 8.15. The normalized spacial score (nSPS) is 10.7. The van der Waals surface area contributed by atoms with Crippen LogP contribution in [0.5, 0.6) is 0 Å². The molecule has 0 bridgehead atoms. The first-order chi connectivity index (χ1) is 10.6. The minimum Gasteiger partial charge on any atom is -0.382 e. The predicted molar refractivity (Wildman–Crippen MR) is 94.7 cm³/mol. The SMILES string of the molecule is CCCCN(CC)c1cnc(-c2cccc(Cl)c2Cl)c(N)n1. The average molecular weight is 339 g/mol. The quantitative estimate of drug-likeness (QED) is 0.832. The highest BCUT2D eigenvalue weighted by atomic mass is 35.5. The van der Waals surface area contributed by atoms with Gasteiger partial charge in [0.1, 0.15) is 11.5 Å². The lowest BCUT2D eigenvalue weighted by Gasteiger charge is -2.22. The molecule has 22 heavy (non-hydrogen) atoms. The number of rotatable bonds is 6. The third kappa shape index (κ3) is 3.62. The zero-order chi connectivity index (χ0) is 16.1. The van der Waals surface area contributed by atoms with E-state index >= 15 is 0 Å². The van der Waals surface area contributed by atoms with Crippen LogP contribution < -0.4 is 10.6 Å². The monoisotopic (exact) mass is 338 g/mol. The Hall–Kier alpha value is -1.52. The maximum absolute atomic E-state index is 6.23. The molecule has 0 unspecified atom stereocenters. The maximum Gasteiger partial charge on any atom is 0.152 e. The highest BCUT2D eigenvalue weighted by Gasteiger charge is 2.14. The lowest BCUT2D eigenvalue weighted by Crippen LogP contribution is -2.25. The number of nitrogen functional groups attached to an aromatic ring is 1. The van der Waals surface area contributed by atoms with Gasteiger partial charge in [-0.05, 0) is 19.4 Å². The van der Waals surface area contributed by atoms with Crippen LogP contribution in [0.2, 0.25) is 10.0 Å². The van der Waals surface area contributed by atoms with Crippen LogP contribution in [0.3, 0.4) is 0 Å². The van der Waals surface area contributed by atoms with E-state index in [1.807, 2.05) is 12.1 Å². The molecule has 1 heterocycles. The third-order valence-electron chi connectivity index (χ3n) is 3.48. The molecule has 0 aliphatic heterocycles. The Bertz CT molecular complexity index is 646. The molecule has 0 radical (unpaired) electrons. The number of benzene rings is 1. The van der Waals surface area contributed by atoms with E-state index in [0.717, 1.165) is 31.7 Å². The van der Waals surface area contributed by atoms with Crippen LogP contribution in [-0.2, 0) is 0 Å². The average Bonchev–Trinajstić information content (AvgIpc) is 2.51. The molecule has 2 N–H and O–H groups in total. The largest absolute Gasteiger partial charge is 0.382 e. The molecule has 0 saturated carbocycles. The summed E-state index contributed by atoms with van der Waals surface area (Å²) in [4.78, 5) is 11.1. The van der Waals surface area contributed by atoms with Crippen LogP contribution >= 0.6 is 23.2 Å². The van der Waals surface area contributed by atoms with Gasteiger partial charge >= 0.3 is 0 Å². The van der Waals surface area contributed by atoms with Gasteiger partial charge in [0.15, 0.2) is 5.82 Å². The van der Waals surface area contributed by atoms with Crippen molar-refractivity contribution in [1.29, 1.82) is 0 Å². The fourth-order valence-corrected chi connectivity index (χ4v) is 2.61. The fraction of sp³-hybridized carbons (Fsp3) is 0.375. The van der Waals surface area contributed by atoms with Crippen molar-refractivity contribution in [3.8, 4) is 11.3 Å². The van der Waals surface area contributed by atoms with Crippen LogP contribution in [0.25, 0.3) is 11.3 Å². The van der Waals surface area contributed by atoms with Gasteiger partial charge in [-0.2, -0.15) is 0 Å². The molecular weight excluding hydrogens is 319 g/mol. The molecule has 0 saturated heterocycles. The van der Waals surface area contributed by atoms with Gasteiger partial charge in [-0.15, -0.1) is 0 Å². The molecule has 1 aromatic heterocycles. The van der Waals surface area contributed by atoms with Crippen molar-refractivity contribution in [3.63, 3.8) is 0 Å². The molecule has 0 aliphatic rings. The van der Waals surface area contributed by atoms with E-state index in [1.165, 1.54) is 0 Å². The summed E-state index contributed by atoms with van der Waals surface area (Å²) < 4.78 is 0. The van der Waals surface area contributed by atoms with Gasteiger partial charge in [0.2, 0.25) is 0 Å². The number of anilines is 2. The number of nitrogens with two attached hydrogens (primary N) is 1. The second kappa shape index (κ2) is 7.65. The van der Waals surface area contributed by atoms with E-state index in [9.17, 15) is 0 Å². The van der Waals surface area contributed by atoms with E-state index in [-0.39, 0.29) is 0 Å². The van der Waals surface area contributed by atoms with E-state index in [0.29, 0.717) is 27.1 Å². The lowest BCUT2D eigenvalue weighted by atomic mass is 10.1. The molecule has 0 fully saturated rings. The number of unbranched alkanes of at least 4 members (excludes halogenated alkanes) is 1. The molecule has 118 valence electrons. The smallest absolute Gasteiger partial charge is 0.152 e. The summed E-state index contributed by atoms with van der Waals surface area (Å²) in [7, 11) is 0. The highest BCUT2D eigenvalue weighted by Crippen LogP contribution is 2.34. The highest BCUT2D eigenvalue weighted by molar-refractivity contribution is 6.43. The zero-order valence-corrected chi connectivity index (χ0v) is 14.3. The van der Waals surface area contributed by atoms with E-state index < -0.39 is 0 Å². The molecule has 0 aliphatic carbocycles. The summed E-state index contributed by atoms with van der Waals surface area (Å²) in [5, 5.41) is 0.916. The van der Waals surface area contributed by atoms with Crippen molar-refractivity contribution in [3.05, 3.63) is 34.4 Å². The molecule has 1 aromatic carbocycles. The molecule has 6 heteroatoms. The standard InChI is InChI=1S/C16H20Cl2N4/c1-3-5-9-22(4-2)13-10-20-15(16(19)21-13)11-7-6-8-12(17)14(11)18/h6-8,10H,3-5,9H2,1-2H3,(H2,19,21). The van der Waals surface area contributed by atoms with Crippen molar-refractivity contribution < 1.29 is 0 Å². The van der Waals surface area contributed by atoms with Gasteiger partial charge in [0.25, 0.3) is 0 Å². The van der Waals surface area contributed by atoms with Gasteiger partial charge in [-0.1, -0.05) is 48.7 Å². The van der Waals surface area contributed by atoms with Crippen molar-refractivity contribution in [1.82, 2.24) is 9.97 Å². The Morgan fingerprint density at radius 2 is 2.00 bits per heavy atom. The topological polar surface area (TPSA) is 55.0 Å². The van der Waals surface area contributed by atoms with Crippen molar-refractivity contribution in [2.45, 2.75) is 26.7 Å². The maximum atomic E-state index is 6.23. The second-order valence-corrected chi connectivity index (χ2v) is 5.78. The summed E-state index contributed by atoms with van der Waals surface area (Å²) in [6.07, 6.45) is 3.98. The first kappa shape index (κ1) is 16.8. The Labute approximate surface area is 141 Å². The lowest BCUT2D eigenvalue weighted by molar-refractivity contribution is 0.723. The van der Waals surface area contributed by atoms with Crippen molar-refractivity contribution in [2.24, 2.45) is 0 Å². The number of hydrogen-bond acceptors (Lipinski definition) is 4. The minimum absolute atomic E-state index is 0.358. The van der Waals surface area contributed by atoms with E-state index in [4.69, 9.17) is 28.9 Å². The van der Waals surface area contributed by atoms with E-state index in [1.54, 1.807) is 12.3 Å². The summed E-state index contributed by atoms with van der Waals surface area (Å²) in [6, 6.07) is 5.38. The Balaban J connectivity index is 2.35. The number of nitrogens with zero attached hydrogens (tertiary/aromatic N) is 3. The molecule has 0 amide bonds. The van der Waals surface area contributed by atoms with Crippen LogP contribution in [0.1, 0.15) is 26.7 Å². The summed E-state index contributed by atoms with van der Waals surface area (Å²) >= 11 is 12.3. The summed E-state index contributed by atoms with van der Waals surface area (Å²) in [5.41, 5.74) is 7.35. The van der Waals surface area contributed by atoms with Gasteiger partial charge in [-0.25, -0.2) is 9.97 Å². The Morgan fingerprint density at radius 3 is 2.64 bits per heavy atom. The van der Waals surface area contributed by atoms with Crippen LogP contribution in [0.4, 0.5) is 11.6 Å². The van der Waals surface area contributed by atoms with Crippen LogP contribution in [-0.4, -0.2) is 23.1 Å². The van der Waals surface area contributed by atoms with E-state index in [2.05, 4.69) is 28.7 Å².